The number of hydrazone groups is 1. The fourth-order valence-corrected chi connectivity index (χ4v) is 5.45. The molecule has 3 aromatic rings. The van der Waals surface area contributed by atoms with E-state index in [0.29, 0.717) is 10.8 Å². The van der Waals surface area contributed by atoms with Crippen molar-refractivity contribution in [2.75, 3.05) is 20.8 Å². The Morgan fingerprint density at radius 1 is 0.952 bits per heavy atom. The molecule has 0 saturated heterocycles. The highest BCUT2D eigenvalue weighted by molar-refractivity contribution is 6.30. The summed E-state index contributed by atoms with van der Waals surface area (Å²) in [6.45, 7) is 1.11. The van der Waals surface area contributed by atoms with Gasteiger partial charge in [0.05, 0.1) is 26.0 Å². The smallest absolute Gasteiger partial charge is 0.347 e. The number of nitrogens with zero attached hydrogens (tertiary/aromatic N) is 2. The number of hydrogen-bond acceptors (Lipinski definition) is 7. The molecule has 1 aliphatic carbocycles. The summed E-state index contributed by atoms with van der Waals surface area (Å²) < 4.78 is 21.7. The molecule has 0 aromatic heterocycles. The highest BCUT2D eigenvalue weighted by atomic mass is 35.5. The molecule has 42 heavy (non-hydrogen) atoms. The Kier molecular flexibility index (Phi) is 9.12. The zero-order chi connectivity index (χ0) is 29.6. The van der Waals surface area contributed by atoms with E-state index in [9.17, 15) is 9.59 Å². The molecule has 5 rings (SSSR count). The predicted octanol–water partition coefficient (Wildman–Crippen LogP) is 6.49. The van der Waals surface area contributed by atoms with Gasteiger partial charge in [-0.1, -0.05) is 35.9 Å². The van der Waals surface area contributed by atoms with Crippen LogP contribution in [0, 0.1) is 5.92 Å². The van der Waals surface area contributed by atoms with Crippen molar-refractivity contribution in [1.29, 1.82) is 0 Å². The molecule has 1 fully saturated rings. The third kappa shape index (κ3) is 6.60. The molecular formula is C33H33ClN2O6. The monoisotopic (exact) mass is 588 g/mol. The Morgan fingerprint density at radius 2 is 1.57 bits per heavy atom. The maximum atomic E-state index is 13.6. The Morgan fingerprint density at radius 3 is 2.21 bits per heavy atom. The van der Waals surface area contributed by atoms with Gasteiger partial charge in [0.1, 0.15) is 17.2 Å². The van der Waals surface area contributed by atoms with Gasteiger partial charge in [-0.3, -0.25) is 4.79 Å². The first-order valence-electron chi connectivity index (χ1n) is 13.8. The zero-order valence-electron chi connectivity index (χ0n) is 23.8. The van der Waals surface area contributed by atoms with E-state index >= 15 is 0 Å². The topological polar surface area (TPSA) is 86.7 Å². The number of ether oxygens (including phenoxy) is 4. The fraction of sp³-hybridized carbons (Fsp3) is 0.303. The molecule has 0 radical (unpaired) electrons. The zero-order valence-corrected chi connectivity index (χ0v) is 24.5. The lowest BCUT2D eigenvalue weighted by Gasteiger charge is -2.29. The SMILES string of the molecule is COc1ccc(C=C2CCCC3C2=NN(C(=O)COC(=O)C(C)Oc2ccc(Cl)cc2)C3c2ccc(OC)cc2)cc1. The number of hydrogen-bond donors (Lipinski definition) is 0. The van der Waals surface area contributed by atoms with Crippen molar-refractivity contribution < 1.29 is 28.5 Å². The van der Waals surface area contributed by atoms with Crippen LogP contribution < -0.4 is 14.2 Å². The summed E-state index contributed by atoms with van der Waals surface area (Å²) in [5.74, 6) is 0.931. The minimum atomic E-state index is -0.914. The van der Waals surface area contributed by atoms with Crippen LogP contribution in [-0.4, -0.2) is 49.5 Å². The standard InChI is InChI=1S/C33H33ClN2O6/c1-21(42-28-17-11-25(34)12-18-28)33(38)41-20-30(37)36-32(23-9-15-27(40-3)16-10-23)29-6-4-5-24(31(29)35-36)19-22-7-13-26(39-2)14-8-22/h7-19,21,29,32H,4-6,20H2,1-3H3. The van der Waals surface area contributed by atoms with Gasteiger partial charge in [0.15, 0.2) is 12.7 Å². The predicted molar refractivity (Wildman–Crippen MR) is 161 cm³/mol. The summed E-state index contributed by atoms with van der Waals surface area (Å²) in [5, 5.41) is 6.90. The number of carbonyl (C=O) groups excluding carboxylic acids is 2. The molecule has 0 spiro atoms. The molecule has 218 valence electrons. The van der Waals surface area contributed by atoms with Crippen molar-refractivity contribution in [2.45, 2.75) is 38.3 Å². The van der Waals surface area contributed by atoms with Gasteiger partial charge >= 0.3 is 5.97 Å². The second kappa shape index (κ2) is 13.1. The number of halogens is 1. The molecule has 1 aliphatic heterocycles. The van der Waals surface area contributed by atoms with Crippen LogP contribution in [0.2, 0.25) is 5.02 Å². The Hall–Kier alpha value is -4.30. The number of carbonyl (C=O) groups is 2. The average molecular weight is 589 g/mol. The van der Waals surface area contributed by atoms with Crippen LogP contribution in [0.4, 0.5) is 0 Å². The van der Waals surface area contributed by atoms with Gasteiger partial charge in [-0.05, 0) is 97.5 Å². The largest absolute Gasteiger partial charge is 0.497 e. The molecule has 1 amide bonds. The average Bonchev–Trinajstić information content (AvgIpc) is 3.42. The first-order valence-corrected chi connectivity index (χ1v) is 14.2. The third-order valence-corrected chi connectivity index (χ3v) is 7.72. The molecule has 0 N–H and O–H groups in total. The maximum absolute atomic E-state index is 13.6. The van der Waals surface area contributed by atoms with E-state index in [1.54, 1.807) is 45.4 Å². The van der Waals surface area contributed by atoms with E-state index < -0.39 is 24.6 Å². The minimum Gasteiger partial charge on any atom is -0.497 e. The summed E-state index contributed by atoms with van der Waals surface area (Å²) in [6.07, 6.45) is 3.91. The van der Waals surface area contributed by atoms with Crippen molar-refractivity contribution in [2.24, 2.45) is 11.0 Å². The van der Waals surface area contributed by atoms with E-state index in [1.807, 2.05) is 48.5 Å². The van der Waals surface area contributed by atoms with E-state index in [0.717, 1.165) is 53.2 Å². The van der Waals surface area contributed by atoms with Crippen LogP contribution in [0.25, 0.3) is 6.08 Å². The van der Waals surface area contributed by atoms with Gasteiger partial charge in [-0.15, -0.1) is 0 Å². The van der Waals surface area contributed by atoms with Gasteiger partial charge in [0.25, 0.3) is 5.91 Å². The normalized spacial score (nSPS) is 19.5. The van der Waals surface area contributed by atoms with Gasteiger partial charge in [0, 0.05) is 10.9 Å². The Balaban J connectivity index is 1.36. The molecule has 3 unspecified atom stereocenters. The molecule has 0 bridgehead atoms. The van der Waals surface area contributed by atoms with E-state index in [4.69, 9.17) is 35.6 Å². The van der Waals surface area contributed by atoms with Crippen LogP contribution in [0.15, 0.2) is 83.5 Å². The summed E-state index contributed by atoms with van der Waals surface area (Å²) >= 11 is 5.92. The highest BCUT2D eigenvalue weighted by Crippen LogP contribution is 2.44. The summed E-state index contributed by atoms with van der Waals surface area (Å²) in [6, 6.07) is 21.8. The molecule has 3 aromatic carbocycles. The third-order valence-electron chi connectivity index (χ3n) is 7.47. The van der Waals surface area contributed by atoms with Crippen molar-refractivity contribution in [3.63, 3.8) is 0 Å². The first-order chi connectivity index (χ1) is 20.4. The number of amides is 1. The summed E-state index contributed by atoms with van der Waals surface area (Å²) in [4.78, 5) is 26.3. The molecule has 2 aliphatic rings. The lowest BCUT2D eigenvalue weighted by molar-refractivity contribution is -0.158. The summed E-state index contributed by atoms with van der Waals surface area (Å²) in [5.41, 5.74) is 3.94. The molecule has 8 nitrogen and oxygen atoms in total. The van der Waals surface area contributed by atoms with E-state index in [-0.39, 0.29) is 12.0 Å². The van der Waals surface area contributed by atoms with Crippen molar-refractivity contribution in [3.05, 3.63) is 94.5 Å². The Labute approximate surface area is 250 Å². The van der Waals surface area contributed by atoms with Gasteiger partial charge in [0.2, 0.25) is 0 Å². The number of methoxy groups -OCH3 is 2. The quantitative estimate of drug-likeness (QED) is 0.266. The minimum absolute atomic E-state index is 0.00320. The van der Waals surface area contributed by atoms with E-state index in [2.05, 4.69) is 6.08 Å². The van der Waals surface area contributed by atoms with Crippen molar-refractivity contribution in [1.82, 2.24) is 5.01 Å². The number of rotatable bonds is 9. The van der Waals surface area contributed by atoms with Crippen LogP contribution in [0.1, 0.15) is 43.4 Å². The number of benzene rings is 3. The van der Waals surface area contributed by atoms with Crippen LogP contribution in [-0.2, 0) is 14.3 Å². The molecule has 1 saturated carbocycles. The number of esters is 1. The van der Waals surface area contributed by atoms with Crippen LogP contribution in [0.5, 0.6) is 17.2 Å². The lowest BCUT2D eigenvalue weighted by Crippen LogP contribution is -2.36. The van der Waals surface area contributed by atoms with Crippen molar-refractivity contribution >= 4 is 35.3 Å². The van der Waals surface area contributed by atoms with E-state index in [1.165, 1.54) is 5.01 Å². The van der Waals surface area contributed by atoms with Crippen LogP contribution in [0.3, 0.4) is 0 Å². The number of allylic oxidation sites excluding steroid dienone is 1. The molecule has 9 heteroatoms. The maximum Gasteiger partial charge on any atom is 0.347 e. The lowest BCUT2D eigenvalue weighted by atomic mass is 9.77. The second-order valence-corrected chi connectivity index (χ2v) is 10.6. The number of fused-ring (bicyclic) bond motifs is 1. The highest BCUT2D eigenvalue weighted by Gasteiger charge is 2.44. The van der Waals surface area contributed by atoms with Crippen LogP contribution >= 0.6 is 11.6 Å². The van der Waals surface area contributed by atoms with Gasteiger partial charge in [-0.2, -0.15) is 5.10 Å². The van der Waals surface area contributed by atoms with Gasteiger partial charge in [-0.25, -0.2) is 9.80 Å². The Bertz CT molecular complexity index is 1470. The molecule has 3 atom stereocenters. The van der Waals surface area contributed by atoms with Crippen molar-refractivity contribution in [3.8, 4) is 17.2 Å². The summed E-state index contributed by atoms with van der Waals surface area (Å²) in [7, 11) is 3.26. The second-order valence-electron chi connectivity index (χ2n) is 10.2. The first kappa shape index (κ1) is 29.2. The fourth-order valence-electron chi connectivity index (χ4n) is 5.32. The molecular weight excluding hydrogens is 556 g/mol. The molecule has 1 heterocycles. The van der Waals surface area contributed by atoms with Gasteiger partial charge < -0.3 is 18.9 Å².